The summed E-state index contributed by atoms with van der Waals surface area (Å²) < 4.78 is 34.1. The number of oxazole rings is 1. The summed E-state index contributed by atoms with van der Waals surface area (Å²) in [5.41, 5.74) is 0.198. The predicted octanol–water partition coefficient (Wildman–Crippen LogP) is 4.81. The zero-order chi connectivity index (χ0) is 19.0. The Morgan fingerprint density at radius 1 is 1.30 bits per heavy atom. The molecule has 142 valence electrons. The van der Waals surface area contributed by atoms with Crippen LogP contribution in [0.1, 0.15) is 66.9 Å². The Bertz CT molecular complexity index is 958. The Hall–Kier alpha value is -2.77. The maximum Gasteiger partial charge on any atom is 0.285 e. The number of anilines is 1. The summed E-state index contributed by atoms with van der Waals surface area (Å²) in [7, 11) is 0. The molecule has 0 aliphatic heterocycles. The molecule has 0 unspecified atom stereocenters. The molecule has 0 spiro atoms. The largest absolute Gasteiger partial charge is 0.424 e. The van der Waals surface area contributed by atoms with Gasteiger partial charge in [0.05, 0.1) is 5.56 Å². The van der Waals surface area contributed by atoms with E-state index in [1.165, 1.54) is 0 Å². The van der Waals surface area contributed by atoms with E-state index in [4.69, 9.17) is 4.42 Å². The number of aromatic nitrogens is 3. The minimum atomic E-state index is -2.83. The monoisotopic (exact) mass is 374 g/mol. The quantitative estimate of drug-likeness (QED) is 0.712. The van der Waals surface area contributed by atoms with Crippen LogP contribution < -0.4 is 5.32 Å². The van der Waals surface area contributed by atoms with Gasteiger partial charge in [0.1, 0.15) is 5.65 Å². The molecule has 6 nitrogen and oxygen atoms in total. The summed E-state index contributed by atoms with van der Waals surface area (Å²) in [4.78, 5) is 20.8. The Kier molecular flexibility index (Phi) is 4.63. The van der Waals surface area contributed by atoms with Gasteiger partial charge >= 0.3 is 0 Å². The number of nitrogens with zero attached hydrogens (tertiary/aromatic N) is 3. The lowest BCUT2D eigenvalue weighted by molar-refractivity contribution is 0.102. The van der Waals surface area contributed by atoms with Gasteiger partial charge < -0.3 is 8.82 Å². The number of carbonyl (C=O) groups is 1. The van der Waals surface area contributed by atoms with E-state index in [-0.39, 0.29) is 23.3 Å². The summed E-state index contributed by atoms with van der Waals surface area (Å²) in [6, 6.07) is 3.32. The zero-order valence-corrected chi connectivity index (χ0v) is 14.9. The molecule has 3 aromatic rings. The van der Waals surface area contributed by atoms with Crippen molar-refractivity contribution < 1.29 is 18.0 Å². The second kappa shape index (κ2) is 7.09. The van der Waals surface area contributed by atoms with E-state index in [1.807, 2.05) is 0 Å². The first-order valence-corrected chi connectivity index (χ1v) is 9.04. The number of halogens is 2. The highest BCUT2D eigenvalue weighted by atomic mass is 19.3. The Labute approximate surface area is 154 Å². The van der Waals surface area contributed by atoms with Crippen LogP contribution in [0.15, 0.2) is 35.1 Å². The highest BCUT2D eigenvalue weighted by Gasteiger charge is 2.29. The third-order valence-electron chi connectivity index (χ3n) is 5.13. The van der Waals surface area contributed by atoms with Crippen LogP contribution in [0.3, 0.4) is 0 Å². The van der Waals surface area contributed by atoms with Gasteiger partial charge in [-0.25, -0.2) is 18.7 Å². The molecule has 3 heterocycles. The number of hydrogen-bond acceptors (Lipinski definition) is 4. The summed E-state index contributed by atoms with van der Waals surface area (Å²) in [6.07, 6.45) is 5.90. The van der Waals surface area contributed by atoms with Crippen LogP contribution in [-0.4, -0.2) is 20.3 Å². The lowest BCUT2D eigenvalue weighted by atomic mass is 9.83. The number of nitrogens with one attached hydrogen (secondary N) is 1. The molecule has 0 atom stereocenters. The first kappa shape index (κ1) is 17.6. The van der Waals surface area contributed by atoms with Crippen molar-refractivity contribution in [3.63, 3.8) is 0 Å². The molecular formula is C19H20F2N4O2. The average Bonchev–Trinajstić information content (AvgIpc) is 3.26. The molecule has 4 rings (SSSR count). The molecule has 1 saturated carbocycles. The number of carbonyl (C=O) groups excluding carboxylic acids is 1. The smallest absolute Gasteiger partial charge is 0.285 e. The Balaban J connectivity index is 1.60. The van der Waals surface area contributed by atoms with E-state index in [0.29, 0.717) is 11.6 Å². The van der Waals surface area contributed by atoms with Crippen molar-refractivity contribution in [2.45, 2.75) is 45.0 Å². The van der Waals surface area contributed by atoms with Crippen molar-refractivity contribution >= 4 is 17.4 Å². The van der Waals surface area contributed by atoms with Gasteiger partial charge in [-0.05, 0) is 43.7 Å². The number of amides is 1. The van der Waals surface area contributed by atoms with Crippen molar-refractivity contribution in [1.82, 2.24) is 14.4 Å². The van der Waals surface area contributed by atoms with E-state index in [9.17, 15) is 13.6 Å². The van der Waals surface area contributed by atoms with Gasteiger partial charge in [0.25, 0.3) is 12.3 Å². The van der Waals surface area contributed by atoms with E-state index in [0.717, 1.165) is 25.7 Å². The summed E-state index contributed by atoms with van der Waals surface area (Å²) in [5.74, 6) is 0.0891. The second-order valence-electron chi connectivity index (χ2n) is 7.06. The molecule has 8 heteroatoms. The molecule has 27 heavy (non-hydrogen) atoms. The van der Waals surface area contributed by atoms with Crippen LogP contribution in [0.25, 0.3) is 5.65 Å². The highest BCUT2D eigenvalue weighted by Crippen LogP contribution is 2.38. The number of alkyl halides is 2. The maximum atomic E-state index is 13.4. The van der Waals surface area contributed by atoms with Gasteiger partial charge in [0.15, 0.2) is 11.6 Å². The fourth-order valence-corrected chi connectivity index (χ4v) is 3.56. The first-order valence-electron chi connectivity index (χ1n) is 9.04. The number of fused-ring (bicyclic) bond motifs is 1. The van der Waals surface area contributed by atoms with Gasteiger partial charge in [-0.2, -0.15) is 0 Å². The Morgan fingerprint density at radius 2 is 2.07 bits per heavy atom. The third kappa shape index (κ3) is 3.43. The van der Waals surface area contributed by atoms with Gasteiger partial charge in [-0.1, -0.05) is 6.92 Å². The summed E-state index contributed by atoms with van der Waals surface area (Å²) >= 11 is 0. The standard InChI is InChI=1S/C19H20F2N4O2/c1-11-3-5-12(6-4-11)18-23-14(15(20)21)19(27-18)24-17(26)13-7-10-25-9-2-8-22-16(13)25/h2,7-12,15H,3-6H2,1H3,(H,24,26). The highest BCUT2D eigenvalue weighted by molar-refractivity contribution is 6.08. The van der Waals surface area contributed by atoms with Crippen LogP contribution in [0, 0.1) is 5.92 Å². The van der Waals surface area contributed by atoms with Crippen LogP contribution in [0.5, 0.6) is 0 Å². The molecular weight excluding hydrogens is 354 g/mol. The van der Waals surface area contributed by atoms with Crippen molar-refractivity contribution in [2.75, 3.05) is 5.32 Å². The van der Waals surface area contributed by atoms with E-state index < -0.39 is 18.0 Å². The predicted molar refractivity (Wildman–Crippen MR) is 95.0 cm³/mol. The van der Waals surface area contributed by atoms with E-state index in [1.54, 1.807) is 35.1 Å². The van der Waals surface area contributed by atoms with Gasteiger partial charge in [-0.3, -0.25) is 10.1 Å². The van der Waals surface area contributed by atoms with E-state index >= 15 is 0 Å². The van der Waals surface area contributed by atoms with Gasteiger partial charge in [0.2, 0.25) is 5.88 Å². The van der Waals surface area contributed by atoms with Crippen LogP contribution >= 0.6 is 0 Å². The zero-order valence-electron chi connectivity index (χ0n) is 14.9. The molecule has 1 fully saturated rings. The molecule has 3 aromatic heterocycles. The topological polar surface area (TPSA) is 72.4 Å². The minimum Gasteiger partial charge on any atom is -0.424 e. The lowest BCUT2D eigenvalue weighted by Crippen LogP contribution is -2.13. The third-order valence-corrected chi connectivity index (χ3v) is 5.13. The number of hydrogen-bond donors (Lipinski definition) is 1. The van der Waals surface area contributed by atoms with Crippen molar-refractivity contribution in [2.24, 2.45) is 5.92 Å². The van der Waals surface area contributed by atoms with Crippen molar-refractivity contribution in [3.05, 3.63) is 47.9 Å². The van der Waals surface area contributed by atoms with Gasteiger partial charge in [0, 0.05) is 24.5 Å². The van der Waals surface area contributed by atoms with Crippen LogP contribution in [-0.2, 0) is 0 Å². The molecule has 0 radical (unpaired) electrons. The molecule has 1 amide bonds. The molecule has 1 aliphatic carbocycles. The lowest BCUT2D eigenvalue weighted by Gasteiger charge is -2.23. The average molecular weight is 374 g/mol. The Morgan fingerprint density at radius 3 is 2.81 bits per heavy atom. The van der Waals surface area contributed by atoms with Crippen LogP contribution in [0.4, 0.5) is 14.7 Å². The summed E-state index contributed by atoms with van der Waals surface area (Å²) in [5, 5.41) is 2.45. The molecule has 0 bridgehead atoms. The number of rotatable bonds is 4. The SMILES string of the molecule is CC1CCC(c2nc(C(F)F)c(NC(=O)c3ccn4cccnc34)o2)CC1. The second-order valence-corrected chi connectivity index (χ2v) is 7.06. The summed E-state index contributed by atoms with van der Waals surface area (Å²) in [6.45, 7) is 2.18. The maximum absolute atomic E-state index is 13.4. The van der Waals surface area contributed by atoms with Crippen LogP contribution in [0.2, 0.25) is 0 Å². The molecule has 0 aromatic carbocycles. The van der Waals surface area contributed by atoms with E-state index in [2.05, 4.69) is 22.2 Å². The molecule has 1 N–H and O–H groups in total. The normalized spacial score (nSPS) is 20.3. The molecule has 0 saturated heterocycles. The molecule has 1 aliphatic rings. The van der Waals surface area contributed by atoms with Crippen molar-refractivity contribution in [3.8, 4) is 0 Å². The minimum absolute atomic E-state index is 0.0151. The van der Waals surface area contributed by atoms with Crippen molar-refractivity contribution in [1.29, 1.82) is 0 Å². The first-order chi connectivity index (χ1) is 13.0. The fourth-order valence-electron chi connectivity index (χ4n) is 3.56. The van der Waals surface area contributed by atoms with Gasteiger partial charge in [-0.15, -0.1) is 0 Å². The fraction of sp³-hybridized carbons (Fsp3) is 0.421.